The van der Waals surface area contributed by atoms with Gasteiger partial charge in [-0.05, 0) is 55.0 Å². The Morgan fingerprint density at radius 1 is 1.18 bits per heavy atom. The van der Waals surface area contributed by atoms with E-state index in [0.29, 0.717) is 32.0 Å². The van der Waals surface area contributed by atoms with Gasteiger partial charge in [-0.1, -0.05) is 12.1 Å². The molecule has 150 valence electrons. The number of benzene rings is 1. The molecule has 2 heterocycles. The van der Waals surface area contributed by atoms with E-state index in [1.54, 1.807) is 30.5 Å². The normalized spacial score (nSPS) is 16.0. The number of hydrogen-bond acceptors (Lipinski definition) is 4. The molecule has 1 aliphatic heterocycles. The van der Waals surface area contributed by atoms with Crippen LogP contribution in [-0.4, -0.2) is 36.7 Å². The average Bonchev–Trinajstić information content (AvgIpc) is 2.73. The Labute approximate surface area is 164 Å². The molecule has 0 bridgehead atoms. The molecule has 0 unspecified atom stereocenters. The minimum atomic E-state index is -3.49. The number of carbonyl (C=O) groups excluding carboxylic acids is 1. The fraction of sp³-hybridized carbons (Fsp3) is 0.400. The minimum absolute atomic E-state index is 0.0465. The van der Waals surface area contributed by atoms with Crippen LogP contribution in [0.15, 0.2) is 53.7 Å². The highest BCUT2D eigenvalue weighted by molar-refractivity contribution is 7.89. The van der Waals surface area contributed by atoms with E-state index in [4.69, 9.17) is 0 Å². The van der Waals surface area contributed by atoms with Gasteiger partial charge < -0.3 is 5.32 Å². The second kappa shape index (κ2) is 9.25. The zero-order chi connectivity index (χ0) is 20.0. The van der Waals surface area contributed by atoms with Gasteiger partial charge in [0, 0.05) is 38.4 Å². The highest BCUT2D eigenvalue weighted by Gasteiger charge is 2.29. The lowest BCUT2D eigenvalue weighted by atomic mass is 9.93. The fourth-order valence-corrected chi connectivity index (χ4v) is 4.75. The van der Waals surface area contributed by atoms with Crippen LogP contribution in [0.3, 0.4) is 0 Å². The standard InChI is InChI=1S/C20H24FN3O3S/c21-18-6-3-17(4-7-18)14-23-20(25)8-5-16-9-12-24(13-10-16)28(26,27)19-2-1-11-22-15-19/h1-4,6-7,11,15-16H,5,8-10,12-14H2,(H,23,25). The van der Waals surface area contributed by atoms with Gasteiger partial charge in [-0.2, -0.15) is 4.31 Å². The maximum Gasteiger partial charge on any atom is 0.244 e. The molecule has 0 spiro atoms. The van der Waals surface area contributed by atoms with Gasteiger partial charge >= 0.3 is 0 Å². The van der Waals surface area contributed by atoms with Gasteiger partial charge in [-0.25, -0.2) is 12.8 Å². The van der Waals surface area contributed by atoms with Gasteiger partial charge in [-0.3, -0.25) is 9.78 Å². The number of pyridine rings is 1. The molecule has 0 saturated carbocycles. The minimum Gasteiger partial charge on any atom is -0.352 e. The van der Waals surface area contributed by atoms with E-state index < -0.39 is 10.0 Å². The summed E-state index contributed by atoms with van der Waals surface area (Å²) in [6, 6.07) is 9.20. The molecule has 0 aliphatic carbocycles. The van der Waals surface area contributed by atoms with Crippen molar-refractivity contribution in [2.75, 3.05) is 13.1 Å². The average molecular weight is 405 g/mol. The summed E-state index contributed by atoms with van der Waals surface area (Å²) in [5.74, 6) is -0.0152. The lowest BCUT2D eigenvalue weighted by molar-refractivity contribution is -0.121. The first kappa shape index (κ1) is 20.4. The number of hydrogen-bond donors (Lipinski definition) is 1. The zero-order valence-corrected chi connectivity index (χ0v) is 16.4. The monoisotopic (exact) mass is 405 g/mol. The summed E-state index contributed by atoms with van der Waals surface area (Å²) in [6.45, 7) is 1.29. The number of rotatable bonds is 7. The molecule has 2 aromatic rings. The van der Waals surface area contributed by atoms with Crippen LogP contribution in [0.25, 0.3) is 0 Å². The number of sulfonamides is 1. The molecular formula is C20H24FN3O3S. The number of amides is 1. The van der Waals surface area contributed by atoms with E-state index in [2.05, 4.69) is 10.3 Å². The van der Waals surface area contributed by atoms with Crippen LogP contribution in [0, 0.1) is 11.7 Å². The number of piperidine rings is 1. The molecule has 28 heavy (non-hydrogen) atoms. The van der Waals surface area contributed by atoms with Crippen LogP contribution in [0.2, 0.25) is 0 Å². The molecule has 0 atom stereocenters. The smallest absolute Gasteiger partial charge is 0.244 e. The van der Waals surface area contributed by atoms with Crippen molar-refractivity contribution in [2.24, 2.45) is 5.92 Å². The summed E-state index contributed by atoms with van der Waals surface area (Å²) in [6.07, 6.45) is 5.53. The zero-order valence-electron chi connectivity index (χ0n) is 15.6. The fourth-order valence-electron chi connectivity index (χ4n) is 3.31. The molecule has 1 aromatic heterocycles. The second-order valence-electron chi connectivity index (χ2n) is 6.98. The third-order valence-electron chi connectivity index (χ3n) is 5.03. The molecule has 6 nitrogen and oxygen atoms in total. The first-order valence-electron chi connectivity index (χ1n) is 9.36. The Hall–Kier alpha value is -2.32. The molecule has 0 radical (unpaired) electrons. The maximum atomic E-state index is 12.9. The first-order valence-corrected chi connectivity index (χ1v) is 10.8. The van der Waals surface area contributed by atoms with Crippen molar-refractivity contribution >= 4 is 15.9 Å². The molecule has 1 N–H and O–H groups in total. The Bertz CT molecular complexity index is 881. The topological polar surface area (TPSA) is 79.4 Å². The number of aromatic nitrogens is 1. The van der Waals surface area contributed by atoms with Crippen molar-refractivity contribution in [3.8, 4) is 0 Å². The lowest BCUT2D eigenvalue weighted by Crippen LogP contribution is -2.38. The third-order valence-corrected chi connectivity index (χ3v) is 6.91. The summed E-state index contributed by atoms with van der Waals surface area (Å²) in [7, 11) is -3.49. The van der Waals surface area contributed by atoms with Gasteiger partial charge in [0.05, 0.1) is 0 Å². The Morgan fingerprint density at radius 2 is 1.89 bits per heavy atom. The second-order valence-corrected chi connectivity index (χ2v) is 8.92. The van der Waals surface area contributed by atoms with Crippen molar-refractivity contribution in [2.45, 2.75) is 37.1 Å². The van der Waals surface area contributed by atoms with Crippen molar-refractivity contribution in [3.05, 3.63) is 60.2 Å². The lowest BCUT2D eigenvalue weighted by Gasteiger charge is -2.31. The van der Waals surface area contributed by atoms with Crippen LogP contribution >= 0.6 is 0 Å². The van der Waals surface area contributed by atoms with E-state index >= 15 is 0 Å². The quantitative estimate of drug-likeness (QED) is 0.768. The molecule has 1 aromatic carbocycles. The largest absolute Gasteiger partial charge is 0.352 e. The van der Waals surface area contributed by atoms with E-state index in [-0.39, 0.29) is 16.6 Å². The molecule has 1 fully saturated rings. The van der Waals surface area contributed by atoms with Gasteiger partial charge in [-0.15, -0.1) is 0 Å². The Kier molecular flexibility index (Phi) is 6.74. The van der Waals surface area contributed by atoms with Crippen molar-refractivity contribution in [1.82, 2.24) is 14.6 Å². The molecule has 8 heteroatoms. The molecule has 1 aliphatic rings. The van der Waals surface area contributed by atoms with Gasteiger partial charge in [0.2, 0.25) is 15.9 Å². The highest BCUT2D eigenvalue weighted by Crippen LogP contribution is 2.26. The van der Waals surface area contributed by atoms with Crippen LogP contribution < -0.4 is 5.32 Å². The summed E-state index contributed by atoms with van der Waals surface area (Å²) in [5, 5.41) is 2.84. The third kappa shape index (κ3) is 5.36. The Morgan fingerprint density at radius 3 is 2.54 bits per heavy atom. The van der Waals surface area contributed by atoms with Crippen LogP contribution in [0.5, 0.6) is 0 Å². The number of carbonyl (C=O) groups is 1. The number of nitrogens with zero attached hydrogens (tertiary/aromatic N) is 2. The molecular weight excluding hydrogens is 381 g/mol. The number of nitrogens with one attached hydrogen (secondary N) is 1. The van der Waals surface area contributed by atoms with Crippen molar-refractivity contribution in [1.29, 1.82) is 0 Å². The van der Waals surface area contributed by atoms with Gasteiger partial charge in [0.25, 0.3) is 0 Å². The summed E-state index contributed by atoms with van der Waals surface area (Å²) >= 11 is 0. The van der Waals surface area contributed by atoms with Crippen molar-refractivity contribution < 1.29 is 17.6 Å². The highest BCUT2D eigenvalue weighted by atomic mass is 32.2. The SMILES string of the molecule is O=C(CCC1CCN(S(=O)(=O)c2cccnc2)CC1)NCc1ccc(F)cc1. The first-order chi connectivity index (χ1) is 13.4. The van der Waals surface area contributed by atoms with Crippen LogP contribution in [-0.2, 0) is 21.4 Å². The van der Waals surface area contributed by atoms with E-state index in [1.165, 1.54) is 22.6 Å². The van der Waals surface area contributed by atoms with Crippen molar-refractivity contribution in [3.63, 3.8) is 0 Å². The summed E-state index contributed by atoms with van der Waals surface area (Å²) in [5.41, 5.74) is 0.851. The predicted molar refractivity (Wildman–Crippen MR) is 103 cm³/mol. The van der Waals surface area contributed by atoms with E-state index in [0.717, 1.165) is 24.8 Å². The summed E-state index contributed by atoms with van der Waals surface area (Å²) < 4.78 is 39.6. The van der Waals surface area contributed by atoms with Gasteiger partial charge in [0.1, 0.15) is 10.7 Å². The maximum absolute atomic E-state index is 12.9. The van der Waals surface area contributed by atoms with E-state index in [9.17, 15) is 17.6 Å². The molecule has 1 amide bonds. The summed E-state index contributed by atoms with van der Waals surface area (Å²) in [4.78, 5) is 16.1. The Balaban J connectivity index is 1.40. The molecule has 3 rings (SSSR count). The van der Waals surface area contributed by atoms with Gasteiger partial charge in [0.15, 0.2) is 0 Å². The predicted octanol–water partition coefficient (Wildman–Crippen LogP) is 2.72. The number of halogens is 1. The van der Waals surface area contributed by atoms with E-state index in [1.807, 2.05) is 0 Å². The molecule has 1 saturated heterocycles. The van der Waals surface area contributed by atoms with Crippen LogP contribution in [0.4, 0.5) is 4.39 Å². The van der Waals surface area contributed by atoms with Crippen LogP contribution in [0.1, 0.15) is 31.2 Å².